The van der Waals surface area contributed by atoms with E-state index >= 15 is 0 Å². The molecule has 2 aromatic heterocycles. The normalized spacial score (nSPS) is 12.1. The van der Waals surface area contributed by atoms with Crippen molar-refractivity contribution in [2.45, 2.75) is 67.2 Å². The Labute approximate surface area is 216 Å². The first-order valence-electron chi connectivity index (χ1n) is 12.9. The summed E-state index contributed by atoms with van der Waals surface area (Å²) in [7, 11) is 0. The van der Waals surface area contributed by atoms with E-state index in [-0.39, 0.29) is 0 Å². The highest BCUT2D eigenvalue weighted by atomic mass is 15.2. The molecule has 0 radical (unpaired) electrons. The van der Waals surface area contributed by atoms with Crippen molar-refractivity contribution in [2.24, 2.45) is 10.8 Å². The van der Waals surface area contributed by atoms with E-state index in [1.54, 1.807) is 6.20 Å². The van der Waals surface area contributed by atoms with Gasteiger partial charge in [0, 0.05) is 17.3 Å². The molecule has 0 saturated heterocycles. The van der Waals surface area contributed by atoms with Crippen molar-refractivity contribution in [3.05, 3.63) is 84.1 Å². The van der Waals surface area contributed by atoms with Gasteiger partial charge in [-0.15, -0.1) is 10.2 Å². The maximum absolute atomic E-state index is 4.96. The summed E-state index contributed by atoms with van der Waals surface area (Å²) in [6.45, 7) is 13.7. The largest absolute Gasteiger partial charge is 0.253 e. The molecular formula is C32H38N4. The SMILES string of the molecule is CC(C)(C)CCc1ccc(-c2nnc(-c3ccccn3)nc2-c2ccc(CCC(C)(C)C)cc2)cc1. The Hall–Kier alpha value is -3.40. The molecule has 0 atom stereocenters. The van der Waals surface area contributed by atoms with Gasteiger partial charge in [0.15, 0.2) is 0 Å². The van der Waals surface area contributed by atoms with Gasteiger partial charge in [-0.1, -0.05) is 96.1 Å². The van der Waals surface area contributed by atoms with Crippen LogP contribution in [0.25, 0.3) is 34.0 Å². The fourth-order valence-corrected chi connectivity index (χ4v) is 4.02. The van der Waals surface area contributed by atoms with Crippen molar-refractivity contribution in [3.63, 3.8) is 0 Å². The molecule has 0 aliphatic carbocycles. The van der Waals surface area contributed by atoms with Crippen LogP contribution in [0.1, 0.15) is 65.5 Å². The first-order valence-corrected chi connectivity index (χ1v) is 12.9. The highest BCUT2D eigenvalue weighted by molar-refractivity contribution is 5.78. The molecule has 0 spiro atoms. The second-order valence-corrected chi connectivity index (χ2v) is 12.1. The summed E-state index contributed by atoms with van der Waals surface area (Å²) in [5.41, 5.74) is 7.71. The molecule has 0 unspecified atom stereocenters. The molecule has 0 amide bonds. The van der Waals surface area contributed by atoms with E-state index in [0.29, 0.717) is 16.7 Å². The molecule has 4 aromatic rings. The first-order chi connectivity index (χ1) is 17.1. The predicted octanol–water partition coefficient (Wildman–Crippen LogP) is 8.23. The Morgan fingerprint density at radius 2 is 1.11 bits per heavy atom. The van der Waals surface area contributed by atoms with Crippen LogP contribution < -0.4 is 0 Å². The zero-order chi connectivity index (χ0) is 25.8. The smallest absolute Gasteiger partial charge is 0.201 e. The molecule has 2 heterocycles. The van der Waals surface area contributed by atoms with E-state index in [2.05, 4.69) is 105 Å². The topological polar surface area (TPSA) is 51.6 Å². The van der Waals surface area contributed by atoms with Crippen molar-refractivity contribution in [3.8, 4) is 34.0 Å². The Balaban J connectivity index is 1.68. The van der Waals surface area contributed by atoms with Gasteiger partial charge < -0.3 is 0 Å². The van der Waals surface area contributed by atoms with Gasteiger partial charge in [0.05, 0.1) is 0 Å². The molecule has 0 saturated carbocycles. The second-order valence-electron chi connectivity index (χ2n) is 12.1. The Kier molecular flexibility index (Phi) is 7.63. The predicted molar refractivity (Wildman–Crippen MR) is 149 cm³/mol. The van der Waals surface area contributed by atoms with Crippen LogP contribution in [0.3, 0.4) is 0 Å². The molecule has 4 rings (SSSR count). The van der Waals surface area contributed by atoms with Crippen LogP contribution in [0, 0.1) is 10.8 Å². The van der Waals surface area contributed by atoms with Gasteiger partial charge in [-0.05, 0) is 59.8 Å². The molecule has 0 bridgehead atoms. The van der Waals surface area contributed by atoms with Crippen LogP contribution in [0.15, 0.2) is 72.9 Å². The van der Waals surface area contributed by atoms with Crippen LogP contribution in [0.5, 0.6) is 0 Å². The monoisotopic (exact) mass is 478 g/mol. The molecule has 0 N–H and O–H groups in total. The molecule has 0 aliphatic rings. The van der Waals surface area contributed by atoms with Gasteiger partial charge in [0.1, 0.15) is 17.1 Å². The van der Waals surface area contributed by atoms with Crippen molar-refractivity contribution in [1.82, 2.24) is 20.2 Å². The third-order valence-corrected chi connectivity index (χ3v) is 6.36. The lowest BCUT2D eigenvalue weighted by atomic mass is 9.88. The minimum absolute atomic E-state index is 0.318. The van der Waals surface area contributed by atoms with Crippen LogP contribution in [-0.4, -0.2) is 20.2 Å². The summed E-state index contributed by atoms with van der Waals surface area (Å²) in [5, 5.41) is 9.11. The lowest BCUT2D eigenvalue weighted by Crippen LogP contribution is -2.06. The standard InChI is InChI=1S/C32H38N4/c1-31(2,3)20-18-23-10-14-25(15-11-23)28-29(35-36-30(34-28)27-9-7-8-22-33-27)26-16-12-24(13-17-26)19-21-32(4,5)6/h7-17,22H,18-21H2,1-6H3. The fraction of sp³-hybridized carbons (Fsp3) is 0.375. The Bertz CT molecular complexity index is 1260. The van der Waals surface area contributed by atoms with Crippen LogP contribution >= 0.6 is 0 Å². The van der Waals surface area contributed by atoms with Gasteiger partial charge in [-0.3, -0.25) is 4.98 Å². The van der Waals surface area contributed by atoms with Crippen LogP contribution in [-0.2, 0) is 12.8 Å². The summed E-state index contributed by atoms with van der Waals surface area (Å²) in [5.74, 6) is 0.535. The number of aromatic nitrogens is 4. The molecule has 0 aliphatic heterocycles. The van der Waals surface area contributed by atoms with Crippen molar-refractivity contribution < 1.29 is 0 Å². The average Bonchev–Trinajstić information content (AvgIpc) is 2.86. The van der Waals surface area contributed by atoms with Crippen molar-refractivity contribution >= 4 is 0 Å². The molecule has 186 valence electrons. The maximum atomic E-state index is 4.96. The third-order valence-electron chi connectivity index (χ3n) is 6.36. The van der Waals surface area contributed by atoms with Gasteiger partial charge >= 0.3 is 0 Å². The molecular weight excluding hydrogens is 440 g/mol. The minimum Gasteiger partial charge on any atom is -0.253 e. The molecule has 36 heavy (non-hydrogen) atoms. The number of nitrogens with zero attached hydrogens (tertiary/aromatic N) is 4. The van der Waals surface area contributed by atoms with E-state index in [9.17, 15) is 0 Å². The number of hydrogen-bond donors (Lipinski definition) is 0. The van der Waals surface area contributed by atoms with Gasteiger partial charge in [0.2, 0.25) is 5.82 Å². The summed E-state index contributed by atoms with van der Waals surface area (Å²) < 4.78 is 0. The van der Waals surface area contributed by atoms with Crippen LogP contribution in [0.4, 0.5) is 0 Å². The number of pyridine rings is 1. The van der Waals surface area contributed by atoms with E-state index in [1.165, 1.54) is 11.1 Å². The van der Waals surface area contributed by atoms with E-state index in [0.717, 1.165) is 53.9 Å². The molecule has 4 nitrogen and oxygen atoms in total. The van der Waals surface area contributed by atoms with E-state index < -0.39 is 0 Å². The molecule has 4 heteroatoms. The molecule has 2 aromatic carbocycles. The summed E-state index contributed by atoms with van der Waals surface area (Å²) >= 11 is 0. The second kappa shape index (κ2) is 10.7. The highest BCUT2D eigenvalue weighted by Gasteiger charge is 2.16. The van der Waals surface area contributed by atoms with Crippen molar-refractivity contribution in [2.75, 3.05) is 0 Å². The lowest BCUT2D eigenvalue weighted by molar-refractivity contribution is 0.378. The first kappa shape index (κ1) is 25.7. The summed E-state index contributed by atoms with van der Waals surface area (Å²) in [6, 6.07) is 23.2. The van der Waals surface area contributed by atoms with E-state index in [1.807, 2.05) is 18.2 Å². The zero-order valence-corrected chi connectivity index (χ0v) is 22.5. The van der Waals surface area contributed by atoms with Crippen LogP contribution in [0.2, 0.25) is 0 Å². The number of aryl methyl sites for hydroxylation is 2. The third kappa shape index (κ3) is 7.07. The molecule has 0 fully saturated rings. The average molecular weight is 479 g/mol. The highest BCUT2D eigenvalue weighted by Crippen LogP contribution is 2.31. The zero-order valence-electron chi connectivity index (χ0n) is 22.5. The summed E-state index contributed by atoms with van der Waals surface area (Å²) in [4.78, 5) is 9.39. The minimum atomic E-state index is 0.318. The Morgan fingerprint density at radius 1 is 0.583 bits per heavy atom. The number of benzene rings is 2. The van der Waals surface area contributed by atoms with E-state index in [4.69, 9.17) is 4.98 Å². The van der Waals surface area contributed by atoms with Gasteiger partial charge in [-0.25, -0.2) is 4.98 Å². The summed E-state index contributed by atoms with van der Waals surface area (Å²) in [6.07, 6.45) is 6.19. The van der Waals surface area contributed by atoms with Gasteiger partial charge in [-0.2, -0.15) is 0 Å². The van der Waals surface area contributed by atoms with Crippen molar-refractivity contribution in [1.29, 1.82) is 0 Å². The number of hydrogen-bond acceptors (Lipinski definition) is 4. The quantitative estimate of drug-likeness (QED) is 0.268. The maximum Gasteiger partial charge on any atom is 0.201 e. The van der Waals surface area contributed by atoms with Gasteiger partial charge in [0.25, 0.3) is 0 Å². The Morgan fingerprint density at radius 3 is 1.58 bits per heavy atom. The fourth-order valence-electron chi connectivity index (χ4n) is 4.02. The number of rotatable bonds is 7. The lowest BCUT2D eigenvalue weighted by Gasteiger charge is -2.18.